The van der Waals surface area contributed by atoms with E-state index in [2.05, 4.69) is 41.5 Å². The van der Waals surface area contributed by atoms with Gasteiger partial charge < -0.3 is 14.8 Å². The van der Waals surface area contributed by atoms with Crippen LogP contribution in [0.1, 0.15) is 66.7 Å². The summed E-state index contributed by atoms with van der Waals surface area (Å²) in [5, 5.41) is 9.00. The fourth-order valence-electron chi connectivity index (χ4n) is 5.17. The number of fused-ring (bicyclic) bond motifs is 1. The molecule has 2 unspecified atom stereocenters. The minimum Gasteiger partial charge on any atom is -0.493 e. The number of carbonyl (C=O) groups is 1. The molecular formula is C27H29N3O4. The maximum atomic E-state index is 13.6. The van der Waals surface area contributed by atoms with Crippen LogP contribution < -0.4 is 20.3 Å². The molecular weight excluding hydrogens is 430 g/mol. The van der Waals surface area contributed by atoms with Crippen LogP contribution in [-0.4, -0.2) is 30.2 Å². The van der Waals surface area contributed by atoms with E-state index in [9.17, 15) is 9.59 Å². The number of hydrogen-bond donors (Lipinski definition) is 3. The van der Waals surface area contributed by atoms with E-state index >= 15 is 0 Å². The molecule has 1 aromatic heterocycles. The van der Waals surface area contributed by atoms with Crippen molar-refractivity contribution in [1.29, 1.82) is 0 Å². The maximum Gasteiger partial charge on any atom is 0.270 e. The molecule has 2 atom stereocenters. The van der Waals surface area contributed by atoms with E-state index in [0.29, 0.717) is 47.2 Å². The van der Waals surface area contributed by atoms with E-state index in [0.717, 1.165) is 16.8 Å². The molecule has 0 fully saturated rings. The largest absolute Gasteiger partial charge is 0.493 e. The number of anilines is 1. The molecule has 2 aliphatic rings. The lowest BCUT2D eigenvalue weighted by Crippen LogP contribution is -2.31. The molecule has 0 radical (unpaired) electrons. The monoisotopic (exact) mass is 459 g/mol. The molecule has 2 aromatic carbocycles. The molecule has 3 N–H and O–H groups in total. The molecule has 1 aliphatic heterocycles. The SMILES string of the molecule is COc1ccc(C2CC(=O)C3=C(C2)Nc2[nH][nH]c(=O)c2C3c2ccc(C(C)C)cc2)cc1OC. The van der Waals surface area contributed by atoms with Crippen molar-refractivity contribution < 1.29 is 14.3 Å². The number of benzene rings is 2. The second kappa shape index (κ2) is 8.56. The summed E-state index contributed by atoms with van der Waals surface area (Å²) >= 11 is 0. The molecule has 176 valence electrons. The lowest BCUT2D eigenvalue weighted by molar-refractivity contribution is -0.116. The normalized spacial score (nSPS) is 19.5. The number of nitrogens with one attached hydrogen (secondary N) is 3. The summed E-state index contributed by atoms with van der Waals surface area (Å²) in [5.41, 5.74) is 5.09. The van der Waals surface area contributed by atoms with Crippen LogP contribution in [0.25, 0.3) is 0 Å². The summed E-state index contributed by atoms with van der Waals surface area (Å²) in [5.74, 6) is 1.98. The van der Waals surface area contributed by atoms with Crippen molar-refractivity contribution >= 4 is 11.6 Å². The van der Waals surface area contributed by atoms with Crippen molar-refractivity contribution in [3.05, 3.63) is 86.3 Å². The minimum atomic E-state index is -0.402. The zero-order valence-corrected chi connectivity index (χ0v) is 19.8. The first-order valence-corrected chi connectivity index (χ1v) is 11.6. The number of allylic oxidation sites excluding steroid dienone is 2. The number of ketones is 1. The lowest BCUT2D eigenvalue weighted by atomic mass is 9.72. The molecule has 34 heavy (non-hydrogen) atoms. The fourth-order valence-corrected chi connectivity index (χ4v) is 5.17. The Labute approximate surface area is 198 Å². The quantitative estimate of drug-likeness (QED) is 0.509. The Kier molecular flexibility index (Phi) is 5.55. The van der Waals surface area contributed by atoms with Crippen LogP contribution in [0.3, 0.4) is 0 Å². The van der Waals surface area contributed by atoms with Gasteiger partial charge >= 0.3 is 0 Å². The van der Waals surface area contributed by atoms with Crippen molar-refractivity contribution in [3.8, 4) is 11.5 Å². The van der Waals surface area contributed by atoms with Gasteiger partial charge in [0, 0.05) is 23.6 Å². The number of H-pyrrole nitrogens is 2. The molecule has 5 rings (SSSR count). The topological polar surface area (TPSA) is 96.2 Å². The molecule has 0 saturated heterocycles. The van der Waals surface area contributed by atoms with Gasteiger partial charge in [0.25, 0.3) is 5.56 Å². The van der Waals surface area contributed by atoms with Gasteiger partial charge in [0.1, 0.15) is 5.82 Å². The Hall–Kier alpha value is -3.74. The number of rotatable bonds is 5. The second-order valence-corrected chi connectivity index (χ2v) is 9.28. The molecule has 2 heterocycles. The van der Waals surface area contributed by atoms with Gasteiger partial charge in [0.15, 0.2) is 17.3 Å². The van der Waals surface area contributed by atoms with E-state index in [1.165, 1.54) is 5.56 Å². The predicted octanol–water partition coefficient (Wildman–Crippen LogP) is 4.80. The number of aromatic nitrogens is 2. The molecule has 0 spiro atoms. The Bertz CT molecular complexity index is 1330. The fraction of sp³-hybridized carbons (Fsp3) is 0.333. The summed E-state index contributed by atoms with van der Waals surface area (Å²) in [4.78, 5) is 26.3. The lowest BCUT2D eigenvalue weighted by Gasteiger charge is -2.34. The summed E-state index contributed by atoms with van der Waals surface area (Å²) in [6.45, 7) is 4.29. The van der Waals surface area contributed by atoms with Gasteiger partial charge in [-0.05, 0) is 47.1 Å². The highest BCUT2D eigenvalue weighted by Crippen LogP contribution is 2.47. The van der Waals surface area contributed by atoms with Gasteiger partial charge in [0.2, 0.25) is 0 Å². The first-order chi connectivity index (χ1) is 16.4. The molecule has 7 heteroatoms. The van der Waals surface area contributed by atoms with E-state index < -0.39 is 5.92 Å². The standard InChI is InChI=1S/C27H29N3O4/c1-14(2)15-5-7-16(8-6-15)23-24-19(28-26-25(23)27(32)30-29-26)11-18(12-20(24)31)17-9-10-21(33-3)22(13-17)34-4/h5-10,13-14,18,23H,11-12H2,1-4H3,(H3,28,29,30,32). The van der Waals surface area contributed by atoms with E-state index in [1.807, 2.05) is 30.3 Å². The van der Waals surface area contributed by atoms with Crippen LogP contribution >= 0.6 is 0 Å². The third kappa shape index (κ3) is 3.61. The van der Waals surface area contributed by atoms with Crippen molar-refractivity contribution in [2.75, 3.05) is 19.5 Å². The van der Waals surface area contributed by atoms with Crippen molar-refractivity contribution in [1.82, 2.24) is 10.2 Å². The highest BCUT2D eigenvalue weighted by Gasteiger charge is 2.40. The molecule has 3 aromatic rings. The Morgan fingerprint density at radius 2 is 1.59 bits per heavy atom. The zero-order chi connectivity index (χ0) is 24.0. The van der Waals surface area contributed by atoms with E-state index in [-0.39, 0.29) is 17.3 Å². The van der Waals surface area contributed by atoms with Gasteiger partial charge in [-0.15, -0.1) is 0 Å². The minimum absolute atomic E-state index is 0.00487. The van der Waals surface area contributed by atoms with Crippen LogP contribution in [-0.2, 0) is 4.79 Å². The van der Waals surface area contributed by atoms with Gasteiger partial charge in [-0.3, -0.25) is 19.8 Å². The van der Waals surface area contributed by atoms with Gasteiger partial charge in [-0.1, -0.05) is 44.2 Å². The second-order valence-electron chi connectivity index (χ2n) is 9.28. The van der Waals surface area contributed by atoms with Crippen LogP contribution in [0.4, 0.5) is 5.82 Å². The Morgan fingerprint density at radius 1 is 0.882 bits per heavy atom. The molecule has 1 aliphatic carbocycles. The van der Waals surface area contributed by atoms with Gasteiger partial charge in [0.05, 0.1) is 19.8 Å². The van der Waals surface area contributed by atoms with Gasteiger partial charge in [-0.2, -0.15) is 0 Å². The first kappa shape index (κ1) is 22.1. The summed E-state index contributed by atoms with van der Waals surface area (Å²) in [6, 6.07) is 14.1. The number of carbonyl (C=O) groups excluding carboxylic acids is 1. The smallest absolute Gasteiger partial charge is 0.270 e. The number of ether oxygens (including phenoxy) is 2. The molecule has 0 amide bonds. The van der Waals surface area contributed by atoms with Crippen molar-refractivity contribution in [2.45, 2.75) is 44.4 Å². The third-order valence-corrected chi connectivity index (χ3v) is 6.99. The Balaban J connectivity index is 1.57. The number of Topliss-reactive ketones (excluding diaryl/α,β-unsaturated/α-hetero) is 1. The van der Waals surface area contributed by atoms with E-state index in [4.69, 9.17) is 9.47 Å². The van der Waals surface area contributed by atoms with Crippen molar-refractivity contribution in [3.63, 3.8) is 0 Å². The van der Waals surface area contributed by atoms with Crippen LogP contribution in [0, 0.1) is 0 Å². The number of aromatic amines is 2. The maximum absolute atomic E-state index is 13.6. The van der Waals surface area contributed by atoms with Gasteiger partial charge in [-0.25, -0.2) is 0 Å². The Morgan fingerprint density at radius 3 is 2.26 bits per heavy atom. The van der Waals surface area contributed by atoms with Crippen LogP contribution in [0.15, 0.2) is 58.5 Å². The summed E-state index contributed by atoms with van der Waals surface area (Å²) in [6.07, 6.45) is 1.03. The number of hydrogen-bond acceptors (Lipinski definition) is 5. The predicted molar refractivity (Wildman–Crippen MR) is 131 cm³/mol. The molecule has 7 nitrogen and oxygen atoms in total. The zero-order valence-electron chi connectivity index (χ0n) is 19.8. The summed E-state index contributed by atoms with van der Waals surface area (Å²) < 4.78 is 10.8. The average Bonchev–Trinajstić information content (AvgIpc) is 3.22. The van der Waals surface area contributed by atoms with Crippen molar-refractivity contribution in [2.24, 2.45) is 0 Å². The highest BCUT2D eigenvalue weighted by molar-refractivity contribution is 6.01. The summed E-state index contributed by atoms with van der Waals surface area (Å²) in [7, 11) is 3.21. The van der Waals surface area contributed by atoms with Crippen LogP contribution in [0.2, 0.25) is 0 Å². The molecule has 0 saturated carbocycles. The molecule has 0 bridgehead atoms. The van der Waals surface area contributed by atoms with Crippen LogP contribution in [0.5, 0.6) is 11.5 Å². The average molecular weight is 460 g/mol. The van der Waals surface area contributed by atoms with E-state index in [1.54, 1.807) is 14.2 Å². The first-order valence-electron chi connectivity index (χ1n) is 11.6. The third-order valence-electron chi connectivity index (χ3n) is 6.99. The highest BCUT2D eigenvalue weighted by atomic mass is 16.5. The number of methoxy groups -OCH3 is 2.